The Kier molecular flexibility index (Phi) is 2.65. The van der Waals surface area contributed by atoms with Crippen molar-refractivity contribution in [2.45, 2.75) is 18.4 Å². The summed E-state index contributed by atoms with van der Waals surface area (Å²) >= 11 is 6.25. The number of nitrogens with one attached hydrogen (secondary N) is 1. The molecule has 2 aliphatic heterocycles. The summed E-state index contributed by atoms with van der Waals surface area (Å²) < 4.78 is 12.7. The third kappa shape index (κ3) is 1.69. The molecular formula is C22H16ClNO2. The Balaban J connectivity index is 1.67. The maximum absolute atomic E-state index is 6.53. The number of fused-ring (bicyclic) bond motifs is 9. The van der Waals surface area contributed by atoms with Crippen LogP contribution < -0.4 is 9.47 Å². The summed E-state index contributed by atoms with van der Waals surface area (Å²) in [5, 5.41) is 3.14. The lowest BCUT2D eigenvalue weighted by molar-refractivity contribution is 0.0451. The van der Waals surface area contributed by atoms with Gasteiger partial charge < -0.3 is 14.5 Å². The first-order valence-electron chi connectivity index (χ1n) is 8.80. The SMILES string of the molecule is C[C@]12Oc3ccc(Cl)cc3[C@H]1COc1ccc3c([nH]c4ccccc43)c12. The first-order chi connectivity index (χ1) is 12.6. The second-order valence-corrected chi connectivity index (χ2v) is 7.72. The topological polar surface area (TPSA) is 34.2 Å². The van der Waals surface area contributed by atoms with Crippen molar-refractivity contribution in [2.24, 2.45) is 0 Å². The van der Waals surface area contributed by atoms with Crippen molar-refractivity contribution < 1.29 is 9.47 Å². The third-order valence-electron chi connectivity index (χ3n) is 5.88. The number of benzene rings is 3. The van der Waals surface area contributed by atoms with E-state index in [0.29, 0.717) is 6.61 Å². The van der Waals surface area contributed by atoms with Gasteiger partial charge in [0, 0.05) is 26.9 Å². The molecule has 1 N–H and O–H groups in total. The zero-order valence-corrected chi connectivity index (χ0v) is 14.9. The largest absolute Gasteiger partial charge is 0.492 e. The van der Waals surface area contributed by atoms with Gasteiger partial charge in [-0.05, 0) is 43.3 Å². The van der Waals surface area contributed by atoms with Crippen LogP contribution >= 0.6 is 11.6 Å². The highest BCUT2D eigenvalue weighted by Gasteiger charge is 2.51. The molecule has 0 fully saturated rings. The van der Waals surface area contributed by atoms with E-state index >= 15 is 0 Å². The number of halogens is 1. The number of hydrogen-bond acceptors (Lipinski definition) is 2. The molecule has 3 aromatic carbocycles. The minimum absolute atomic E-state index is 0.112. The Bertz CT molecular complexity index is 1210. The van der Waals surface area contributed by atoms with E-state index in [0.717, 1.165) is 38.7 Å². The van der Waals surface area contributed by atoms with Gasteiger partial charge in [-0.1, -0.05) is 29.8 Å². The van der Waals surface area contributed by atoms with Crippen molar-refractivity contribution in [1.29, 1.82) is 0 Å². The van der Waals surface area contributed by atoms with Crippen molar-refractivity contribution in [1.82, 2.24) is 4.98 Å². The van der Waals surface area contributed by atoms with Gasteiger partial charge in [0.25, 0.3) is 0 Å². The highest BCUT2D eigenvalue weighted by molar-refractivity contribution is 6.30. The van der Waals surface area contributed by atoms with Gasteiger partial charge in [-0.2, -0.15) is 0 Å². The second kappa shape index (κ2) is 4.74. The molecule has 3 heterocycles. The van der Waals surface area contributed by atoms with Crippen LogP contribution in [0, 0.1) is 0 Å². The number of H-pyrrole nitrogens is 1. The standard InChI is InChI=1S/C22H16ClNO2/c1-22-16(15-10-12(23)6-8-18(15)26-22)11-25-19-9-7-14-13-4-2-3-5-17(13)24-21(14)20(19)22/h2-10,16,24H,11H2,1H3/t16-,22+/m1/s1. The Morgan fingerprint density at radius 3 is 2.81 bits per heavy atom. The Morgan fingerprint density at radius 1 is 1.04 bits per heavy atom. The first kappa shape index (κ1) is 14.5. The minimum atomic E-state index is -0.485. The molecule has 2 atom stereocenters. The number of para-hydroxylation sites is 1. The molecule has 0 saturated heterocycles. The highest BCUT2D eigenvalue weighted by Crippen LogP contribution is 2.56. The molecule has 0 amide bonds. The van der Waals surface area contributed by atoms with Gasteiger partial charge in [-0.3, -0.25) is 0 Å². The average Bonchev–Trinajstić information content (AvgIpc) is 3.15. The lowest BCUT2D eigenvalue weighted by Gasteiger charge is -2.37. The van der Waals surface area contributed by atoms with E-state index in [-0.39, 0.29) is 5.92 Å². The Morgan fingerprint density at radius 2 is 1.88 bits per heavy atom. The molecule has 128 valence electrons. The van der Waals surface area contributed by atoms with Crippen LogP contribution in [0.1, 0.15) is 24.0 Å². The summed E-state index contributed by atoms with van der Waals surface area (Å²) in [4.78, 5) is 3.60. The molecule has 3 nitrogen and oxygen atoms in total. The number of rotatable bonds is 0. The average molecular weight is 362 g/mol. The van der Waals surface area contributed by atoms with E-state index in [4.69, 9.17) is 21.1 Å². The summed E-state index contributed by atoms with van der Waals surface area (Å²) in [6, 6.07) is 18.4. The van der Waals surface area contributed by atoms with Gasteiger partial charge >= 0.3 is 0 Å². The fourth-order valence-corrected chi connectivity index (χ4v) is 4.82. The zero-order chi connectivity index (χ0) is 17.5. The van der Waals surface area contributed by atoms with Crippen LogP contribution in [0.3, 0.4) is 0 Å². The van der Waals surface area contributed by atoms with Gasteiger partial charge in [0.2, 0.25) is 0 Å². The molecule has 0 saturated carbocycles. The van der Waals surface area contributed by atoms with E-state index < -0.39 is 5.60 Å². The van der Waals surface area contributed by atoms with Crippen molar-refractivity contribution in [3.8, 4) is 11.5 Å². The molecule has 0 radical (unpaired) electrons. The molecule has 4 aromatic rings. The Hall–Kier alpha value is -2.65. The second-order valence-electron chi connectivity index (χ2n) is 7.29. The van der Waals surface area contributed by atoms with Crippen LogP contribution in [0.2, 0.25) is 5.02 Å². The fraction of sp³-hybridized carbons (Fsp3) is 0.182. The predicted octanol–water partition coefficient (Wildman–Crippen LogP) is 5.76. The summed E-state index contributed by atoms with van der Waals surface area (Å²) in [7, 11) is 0. The lowest BCUT2D eigenvalue weighted by Crippen LogP contribution is -2.39. The molecule has 4 heteroatoms. The maximum atomic E-state index is 6.53. The number of ether oxygens (including phenoxy) is 2. The molecule has 0 bridgehead atoms. The summed E-state index contributed by atoms with van der Waals surface area (Å²) in [5.41, 5.74) is 3.95. The van der Waals surface area contributed by atoms with Crippen LogP contribution in [-0.4, -0.2) is 11.6 Å². The smallest absolute Gasteiger partial charge is 0.147 e. The first-order valence-corrected chi connectivity index (χ1v) is 9.18. The van der Waals surface area contributed by atoms with Crippen LogP contribution in [0.4, 0.5) is 0 Å². The molecule has 26 heavy (non-hydrogen) atoms. The summed E-state index contributed by atoms with van der Waals surface area (Å²) in [5.74, 6) is 1.90. The van der Waals surface area contributed by atoms with Gasteiger partial charge in [0.05, 0.1) is 23.6 Å². The van der Waals surface area contributed by atoms with Gasteiger partial charge in [-0.25, -0.2) is 0 Å². The van der Waals surface area contributed by atoms with E-state index in [2.05, 4.69) is 48.3 Å². The molecule has 2 aliphatic rings. The highest BCUT2D eigenvalue weighted by atomic mass is 35.5. The van der Waals surface area contributed by atoms with Gasteiger partial charge in [0.1, 0.15) is 17.1 Å². The zero-order valence-electron chi connectivity index (χ0n) is 14.2. The molecule has 0 aliphatic carbocycles. The van der Waals surface area contributed by atoms with Crippen molar-refractivity contribution in [3.63, 3.8) is 0 Å². The van der Waals surface area contributed by atoms with Gasteiger partial charge in [0.15, 0.2) is 0 Å². The number of hydrogen-bond donors (Lipinski definition) is 1. The number of aromatic nitrogens is 1. The van der Waals surface area contributed by atoms with Crippen molar-refractivity contribution in [2.75, 3.05) is 6.61 Å². The summed E-state index contributed by atoms with van der Waals surface area (Å²) in [6.45, 7) is 2.75. The molecule has 1 aromatic heterocycles. The molecule has 0 unspecified atom stereocenters. The van der Waals surface area contributed by atoms with Crippen LogP contribution in [0.5, 0.6) is 11.5 Å². The monoisotopic (exact) mass is 361 g/mol. The van der Waals surface area contributed by atoms with E-state index in [1.54, 1.807) is 0 Å². The van der Waals surface area contributed by atoms with E-state index in [1.807, 2.05) is 18.2 Å². The molecular weight excluding hydrogens is 346 g/mol. The normalized spacial score (nSPS) is 23.2. The van der Waals surface area contributed by atoms with Crippen LogP contribution in [0.15, 0.2) is 54.6 Å². The molecule has 6 rings (SSSR count). The van der Waals surface area contributed by atoms with Crippen LogP contribution in [-0.2, 0) is 5.60 Å². The van der Waals surface area contributed by atoms with E-state index in [1.165, 1.54) is 10.8 Å². The predicted molar refractivity (Wildman–Crippen MR) is 103 cm³/mol. The number of aromatic amines is 1. The van der Waals surface area contributed by atoms with Crippen LogP contribution in [0.25, 0.3) is 21.8 Å². The fourth-order valence-electron chi connectivity index (χ4n) is 4.64. The Labute approximate surface area is 155 Å². The quantitative estimate of drug-likeness (QED) is 0.432. The lowest BCUT2D eigenvalue weighted by atomic mass is 9.78. The van der Waals surface area contributed by atoms with E-state index in [9.17, 15) is 0 Å². The van der Waals surface area contributed by atoms with Crippen molar-refractivity contribution in [3.05, 3.63) is 70.7 Å². The molecule has 0 spiro atoms. The minimum Gasteiger partial charge on any atom is -0.492 e. The maximum Gasteiger partial charge on any atom is 0.147 e. The summed E-state index contributed by atoms with van der Waals surface area (Å²) in [6.07, 6.45) is 0. The van der Waals surface area contributed by atoms with Crippen molar-refractivity contribution >= 4 is 33.4 Å². The third-order valence-corrected chi connectivity index (χ3v) is 6.12. The van der Waals surface area contributed by atoms with Gasteiger partial charge in [-0.15, -0.1) is 0 Å².